The monoisotopic (exact) mass is 1150 g/mol. The van der Waals surface area contributed by atoms with Gasteiger partial charge in [0, 0.05) is 12.1 Å². The van der Waals surface area contributed by atoms with Gasteiger partial charge in [0.25, 0.3) is 0 Å². The summed E-state index contributed by atoms with van der Waals surface area (Å²) in [6.07, 6.45) is -52.0. The predicted molar refractivity (Wildman–Crippen MR) is 207 cm³/mol. The lowest BCUT2D eigenvalue weighted by molar-refractivity contribution is -0.683. The number of Topliss-reactive ketones (excluding diaryl/α,β-unsaturated/α-hetero) is 1. The van der Waals surface area contributed by atoms with E-state index in [0.29, 0.717) is 0 Å². The van der Waals surface area contributed by atoms with Crippen molar-refractivity contribution in [1.82, 2.24) is 0 Å². The zero-order valence-electron chi connectivity index (χ0n) is 36.4. The molecule has 0 radical (unpaired) electrons. The molecule has 6 rings (SSSR count). The highest BCUT2D eigenvalue weighted by atomic mass is 19.4. The van der Waals surface area contributed by atoms with Crippen molar-refractivity contribution < 1.29 is 137 Å². The molecule has 32 heteroatoms. The first kappa shape index (κ1) is 60.8. The standard InChI is InChI=1S/C32H12BF24.C13H7F5NO/c34-25(35,36)13-1-14(26(37,38)39)6-21(5-13)33(22-7-15(27(40,41)42)2-16(8-22)28(43,44)45,23-9-17(29(46,47)48)3-18(10-23)30(49,50)51)24-11-19(31(52,53)54)4-20(12-24)32(55,56)57;14-9-8(10(15)12(17)13(18)11(9)16)7(20)6-19-4-2-1-3-5-19/h1-12H;1-5H,6H2/q-1;+1. The Morgan fingerprint density at radius 2 is 0.506 bits per heavy atom. The van der Waals surface area contributed by atoms with Crippen LogP contribution in [0.4, 0.5) is 127 Å². The Kier molecular flexibility index (Phi) is 16.1. The molecule has 77 heavy (non-hydrogen) atoms. The second kappa shape index (κ2) is 20.4. The maximum Gasteiger partial charge on any atom is 0.416 e. The van der Waals surface area contributed by atoms with Crippen LogP contribution in [0.1, 0.15) is 54.9 Å². The second-order valence-corrected chi connectivity index (χ2v) is 16.1. The highest BCUT2D eigenvalue weighted by Crippen LogP contribution is 2.41. The summed E-state index contributed by atoms with van der Waals surface area (Å²) in [6.45, 7) is -0.542. The molecule has 0 fully saturated rings. The number of pyridine rings is 1. The quantitative estimate of drug-likeness (QED) is 0.0390. The molecule has 0 aliphatic carbocycles. The minimum absolute atomic E-state index is 0.542. The average molecular weight is 1150 g/mol. The van der Waals surface area contributed by atoms with Crippen LogP contribution in [0, 0.1) is 29.1 Å². The van der Waals surface area contributed by atoms with Crippen LogP contribution < -0.4 is 26.4 Å². The van der Waals surface area contributed by atoms with E-state index in [1.807, 2.05) is 0 Å². The van der Waals surface area contributed by atoms with Gasteiger partial charge < -0.3 is 0 Å². The van der Waals surface area contributed by atoms with Crippen LogP contribution in [-0.2, 0) is 56.0 Å². The van der Waals surface area contributed by atoms with Gasteiger partial charge in [-0.3, -0.25) is 4.79 Å². The summed E-state index contributed by atoms with van der Waals surface area (Å²) in [7, 11) is 0. The Labute approximate surface area is 408 Å². The summed E-state index contributed by atoms with van der Waals surface area (Å²) in [6, 6.07) is -4.08. The first-order valence-corrected chi connectivity index (χ1v) is 20.0. The van der Waals surface area contributed by atoms with E-state index in [1.54, 1.807) is 18.2 Å². The van der Waals surface area contributed by atoms with Gasteiger partial charge in [-0.05, 0) is 24.3 Å². The van der Waals surface area contributed by atoms with Gasteiger partial charge in [0.05, 0.1) is 44.5 Å². The average Bonchev–Trinajstić information content (AvgIpc) is 3.28. The predicted octanol–water partition coefficient (Wildman–Crippen LogP) is 13.8. The van der Waals surface area contributed by atoms with Crippen LogP contribution in [-0.4, -0.2) is 11.9 Å². The summed E-state index contributed by atoms with van der Waals surface area (Å²) >= 11 is 0. The van der Waals surface area contributed by atoms with Crippen molar-refractivity contribution in [3.8, 4) is 0 Å². The van der Waals surface area contributed by atoms with E-state index in [4.69, 9.17) is 0 Å². The number of alkyl halides is 24. The van der Waals surface area contributed by atoms with Crippen LogP contribution in [0.5, 0.6) is 0 Å². The van der Waals surface area contributed by atoms with Gasteiger partial charge in [0.2, 0.25) is 18.1 Å². The SMILES string of the molecule is FC(F)(F)c1cc([B-](c2cc(C(F)(F)F)cc(C(F)(F)F)c2)(c2cc(C(F)(F)F)cc(C(F)(F)F)c2)c2cc(C(F)(F)F)cc(C(F)(F)F)c2)cc(C(F)(F)F)c1.O=C(C[n+]1ccccc1)c1c(F)c(F)c(F)c(F)c1F. The number of halogens is 29. The Balaban J connectivity index is 0.000000455. The number of ketones is 1. The van der Waals surface area contributed by atoms with E-state index in [2.05, 4.69) is 0 Å². The van der Waals surface area contributed by atoms with E-state index in [0.717, 1.165) is 0 Å². The van der Waals surface area contributed by atoms with Crippen molar-refractivity contribution in [2.75, 3.05) is 0 Å². The smallest absolute Gasteiger partial charge is 0.287 e. The van der Waals surface area contributed by atoms with Crippen molar-refractivity contribution >= 4 is 33.8 Å². The zero-order valence-corrected chi connectivity index (χ0v) is 36.4. The van der Waals surface area contributed by atoms with Crippen LogP contribution >= 0.6 is 0 Å². The largest absolute Gasteiger partial charge is 0.416 e. The molecule has 0 unspecified atom stereocenters. The molecule has 0 atom stereocenters. The number of hydrogen-bond donors (Lipinski definition) is 0. The Bertz CT molecular complexity index is 2710. The normalized spacial score (nSPS) is 13.4. The molecule has 0 N–H and O–H groups in total. The fourth-order valence-electron chi connectivity index (χ4n) is 7.70. The minimum Gasteiger partial charge on any atom is -0.287 e. The Morgan fingerprint density at radius 3 is 0.701 bits per heavy atom. The lowest BCUT2D eigenvalue weighted by Crippen LogP contribution is -2.75. The molecule has 0 aliphatic rings. The first-order valence-electron chi connectivity index (χ1n) is 20.0. The summed E-state index contributed by atoms with van der Waals surface area (Å²) in [5.74, 6) is -12.0. The number of hydrogen-bond acceptors (Lipinski definition) is 1. The molecule has 1 heterocycles. The van der Waals surface area contributed by atoms with Gasteiger partial charge in [0.15, 0.2) is 35.7 Å². The van der Waals surface area contributed by atoms with Gasteiger partial charge in [-0.2, -0.15) is 132 Å². The molecule has 0 aliphatic heterocycles. The van der Waals surface area contributed by atoms with Gasteiger partial charge in [0.1, 0.15) is 11.7 Å². The molecule has 0 saturated heterocycles. The molecule has 2 nitrogen and oxygen atoms in total. The third-order valence-electron chi connectivity index (χ3n) is 11.0. The highest BCUT2D eigenvalue weighted by molar-refractivity contribution is 7.20. The minimum atomic E-state index is -6.13. The molecule has 0 saturated carbocycles. The van der Waals surface area contributed by atoms with Gasteiger partial charge in [-0.1, -0.05) is 54.6 Å². The lowest BCUT2D eigenvalue weighted by atomic mass is 9.12. The maximum atomic E-state index is 14.2. The molecule has 416 valence electrons. The fourth-order valence-corrected chi connectivity index (χ4v) is 7.70. The van der Waals surface area contributed by atoms with Gasteiger partial charge in [-0.25, -0.2) is 22.0 Å². The van der Waals surface area contributed by atoms with E-state index in [-0.39, 0.29) is 0 Å². The highest BCUT2D eigenvalue weighted by Gasteiger charge is 2.47. The summed E-state index contributed by atoms with van der Waals surface area (Å²) < 4.78 is 408. The first-order chi connectivity index (χ1) is 34.7. The summed E-state index contributed by atoms with van der Waals surface area (Å²) in [5.41, 5.74) is -31.6. The van der Waals surface area contributed by atoms with Crippen LogP contribution in [0.15, 0.2) is 103 Å². The fraction of sp³-hybridized carbons (Fsp3) is 0.200. The third-order valence-corrected chi connectivity index (χ3v) is 11.0. The summed E-state index contributed by atoms with van der Waals surface area (Å²) in [5, 5.41) is 0. The van der Waals surface area contributed by atoms with Gasteiger partial charge >= 0.3 is 49.4 Å². The van der Waals surface area contributed by atoms with Crippen molar-refractivity contribution in [2.45, 2.75) is 56.0 Å². The molecule has 5 aromatic carbocycles. The Hall–Kier alpha value is -7.05. The lowest BCUT2D eigenvalue weighted by Gasteiger charge is -2.46. The number of rotatable bonds is 7. The van der Waals surface area contributed by atoms with Crippen LogP contribution in [0.25, 0.3) is 0 Å². The molecule has 0 bridgehead atoms. The molecule has 6 aromatic rings. The zero-order chi connectivity index (χ0) is 58.8. The van der Waals surface area contributed by atoms with Crippen molar-refractivity contribution in [1.29, 1.82) is 0 Å². The number of benzene rings is 5. The van der Waals surface area contributed by atoms with Crippen molar-refractivity contribution in [3.05, 3.63) is 183 Å². The van der Waals surface area contributed by atoms with Gasteiger partial charge in [-0.15, -0.1) is 0 Å². The molecular weight excluding hydrogens is 1130 g/mol. The molecule has 1 aromatic heterocycles. The number of nitrogens with zero attached hydrogens (tertiary/aromatic N) is 1. The summed E-state index contributed by atoms with van der Waals surface area (Å²) in [4.78, 5) is 11.7. The number of aromatic nitrogens is 1. The number of carbonyl (C=O) groups excluding carboxylic acids is 1. The maximum absolute atomic E-state index is 14.2. The topological polar surface area (TPSA) is 20.9 Å². The second-order valence-electron chi connectivity index (χ2n) is 16.1. The van der Waals surface area contributed by atoms with E-state index < -0.39 is 242 Å². The van der Waals surface area contributed by atoms with Crippen molar-refractivity contribution in [2.24, 2.45) is 0 Å². The van der Waals surface area contributed by atoms with Crippen LogP contribution in [0.2, 0.25) is 0 Å². The van der Waals surface area contributed by atoms with Crippen LogP contribution in [0.3, 0.4) is 0 Å². The van der Waals surface area contributed by atoms with E-state index >= 15 is 0 Å². The Morgan fingerprint density at radius 1 is 0.312 bits per heavy atom. The van der Waals surface area contributed by atoms with E-state index in [1.165, 1.54) is 17.0 Å². The van der Waals surface area contributed by atoms with E-state index in [9.17, 15) is 132 Å². The molecular formula is C45H19BF29NO. The number of carbonyl (C=O) groups is 1. The molecule has 0 spiro atoms. The van der Waals surface area contributed by atoms with Crippen molar-refractivity contribution in [3.63, 3.8) is 0 Å². The molecule has 0 amide bonds. The third kappa shape index (κ3) is 13.2.